The average Bonchev–Trinajstić information content (AvgIpc) is 2.23. The van der Waals surface area contributed by atoms with E-state index in [0.717, 1.165) is 6.54 Å². The van der Waals surface area contributed by atoms with Crippen LogP contribution in [0.2, 0.25) is 0 Å². The Morgan fingerprint density at radius 2 is 1.94 bits per heavy atom. The molecule has 1 rings (SSSR count). The molecular weight excluding hydrogens is 228 g/mol. The molecule has 0 atom stereocenters. The maximum absolute atomic E-state index is 10.9. The molecule has 104 valence electrons. The van der Waals surface area contributed by atoms with Gasteiger partial charge in [-0.05, 0) is 46.8 Å². The Morgan fingerprint density at radius 1 is 1.33 bits per heavy atom. The molecule has 1 fully saturated rings. The molecule has 4 heteroatoms. The molecule has 1 saturated carbocycles. The van der Waals surface area contributed by atoms with Gasteiger partial charge in [-0.2, -0.15) is 0 Å². The summed E-state index contributed by atoms with van der Waals surface area (Å²) in [4.78, 5) is 15.4. The molecule has 1 aliphatic rings. The van der Waals surface area contributed by atoms with Crippen LogP contribution in [-0.2, 0) is 4.79 Å². The first-order chi connectivity index (χ1) is 8.41. The van der Waals surface area contributed by atoms with Crippen molar-refractivity contribution in [3.63, 3.8) is 0 Å². The van der Waals surface area contributed by atoms with Crippen molar-refractivity contribution in [2.45, 2.75) is 38.1 Å². The molecule has 0 aliphatic heterocycles. The van der Waals surface area contributed by atoms with Crippen LogP contribution < -0.4 is 0 Å². The van der Waals surface area contributed by atoms with Crippen LogP contribution >= 0.6 is 0 Å². The lowest BCUT2D eigenvalue weighted by molar-refractivity contribution is -0.132. The Kier molecular flexibility index (Phi) is 5.35. The summed E-state index contributed by atoms with van der Waals surface area (Å²) in [5, 5.41) is 8.97. The number of hydrogen-bond donors (Lipinski definition) is 1. The van der Waals surface area contributed by atoms with Gasteiger partial charge in [-0.3, -0.25) is 0 Å². The Morgan fingerprint density at radius 3 is 2.28 bits per heavy atom. The van der Waals surface area contributed by atoms with Crippen LogP contribution in [0.15, 0.2) is 11.6 Å². The Labute approximate surface area is 110 Å². The van der Waals surface area contributed by atoms with E-state index >= 15 is 0 Å². The van der Waals surface area contributed by atoms with Crippen molar-refractivity contribution >= 4 is 5.97 Å². The van der Waals surface area contributed by atoms with Crippen LogP contribution in [-0.4, -0.2) is 60.6 Å². The highest BCUT2D eigenvalue weighted by atomic mass is 16.4. The van der Waals surface area contributed by atoms with Gasteiger partial charge < -0.3 is 14.9 Å². The van der Waals surface area contributed by atoms with Gasteiger partial charge in [-0.25, -0.2) is 4.79 Å². The number of nitrogens with zero attached hydrogens (tertiary/aromatic N) is 2. The van der Waals surface area contributed by atoms with Crippen LogP contribution in [0.5, 0.6) is 0 Å². The summed E-state index contributed by atoms with van der Waals surface area (Å²) in [6.45, 7) is 3.60. The van der Waals surface area contributed by atoms with Crippen molar-refractivity contribution < 1.29 is 9.90 Å². The number of hydrogen-bond acceptors (Lipinski definition) is 3. The quantitative estimate of drug-likeness (QED) is 0.704. The molecule has 0 unspecified atom stereocenters. The third-order valence-electron chi connectivity index (χ3n) is 4.10. The first kappa shape index (κ1) is 15.2. The summed E-state index contributed by atoms with van der Waals surface area (Å²) in [6, 6.07) is 0. The molecule has 0 aromatic carbocycles. The predicted octanol–water partition coefficient (Wildman–Crippen LogP) is 1.82. The molecule has 1 N–H and O–H groups in total. The second-order valence-corrected chi connectivity index (χ2v) is 5.56. The number of likely N-dealkylation sites (N-methyl/N-ethyl adjacent to an activating group) is 2. The second-order valence-electron chi connectivity index (χ2n) is 5.56. The van der Waals surface area contributed by atoms with Gasteiger partial charge in [0.2, 0.25) is 0 Å². The van der Waals surface area contributed by atoms with Crippen molar-refractivity contribution in [2.75, 3.05) is 34.2 Å². The van der Waals surface area contributed by atoms with Crippen LogP contribution in [0.25, 0.3) is 0 Å². The number of rotatable bonds is 7. The lowest BCUT2D eigenvalue weighted by atomic mass is 9.75. The molecule has 1 aliphatic carbocycles. The molecule has 0 aromatic rings. The van der Waals surface area contributed by atoms with E-state index < -0.39 is 5.97 Å². The van der Waals surface area contributed by atoms with E-state index in [1.165, 1.54) is 19.3 Å². The average molecular weight is 254 g/mol. The maximum atomic E-state index is 10.9. The normalized spacial score (nSPS) is 19.1. The van der Waals surface area contributed by atoms with E-state index in [1.54, 1.807) is 0 Å². The Bertz CT molecular complexity index is 320. The first-order valence-electron chi connectivity index (χ1n) is 6.69. The molecule has 18 heavy (non-hydrogen) atoms. The summed E-state index contributed by atoms with van der Waals surface area (Å²) < 4.78 is 0. The van der Waals surface area contributed by atoms with E-state index in [0.29, 0.717) is 24.1 Å². The van der Waals surface area contributed by atoms with Gasteiger partial charge in [0.25, 0.3) is 0 Å². The van der Waals surface area contributed by atoms with Gasteiger partial charge in [0.05, 0.1) is 0 Å². The highest BCUT2D eigenvalue weighted by Crippen LogP contribution is 2.36. The maximum Gasteiger partial charge on any atom is 0.331 e. The summed E-state index contributed by atoms with van der Waals surface area (Å²) in [5.74, 6) is -0.795. The Hall–Kier alpha value is -0.870. The third kappa shape index (κ3) is 3.56. The highest BCUT2D eigenvalue weighted by Gasteiger charge is 2.39. The minimum absolute atomic E-state index is 0.304. The fourth-order valence-corrected chi connectivity index (χ4v) is 2.55. The predicted molar refractivity (Wildman–Crippen MR) is 73.8 cm³/mol. The molecule has 0 saturated heterocycles. The minimum Gasteiger partial charge on any atom is -0.478 e. The van der Waals surface area contributed by atoms with Gasteiger partial charge >= 0.3 is 5.97 Å². The standard InChI is InChI=1S/C14H26N2O2/c1-5-12(13(17)18)7-10-16(4)11-14(15(2)3)8-6-9-14/h7H,5-6,8-11H2,1-4H3,(H,17,18). The molecule has 4 nitrogen and oxygen atoms in total. The number of carbonyl (C=O) groups is 1. The van der Waals surface area contributed by atoms with Crippen molar-refractivity contribution in [1.29, 1.82) is 0 Å². The topological polar surface area (TPSA) is 43.8 Å². The van der Waals surface area contributed by atoms with Crippen molar-refractivity contribution in [1.82, 2.24) is 9.80 Å². The van der Waals surface area contributed by atoms with E-state index in [1.807, 2.05) is 13.0 Å². The summed E-state index contributed by atoms with van der Waals surface area (Å²) >= 11 is 0. The molecule has 0 aromatic heterocycles. The van der Waals surface area contributed by atoms with Crippen molar-refractivity contribution in [3.8, 4) is 0 Å². The molecular formula is C14H26N2O2. The lowest BCUT2D eigenvalue weighted by Crippen LogP contribution is -2.56. The van der Waals surface area contributed by atoms with Crippen LogP contribution in [0.1, 0.15) is 32.6 Å². The molecule has 0 radical (unpaired) electrons. The van der Waals surface area contributed by atoms with Gasteiger partial charge in [0.15, 0.2) is 0 Å². The van der Waals surface area contributed by atoms with Gasteiger partial charge in [0.1, 0.15) is 0 Å². The van der Waals surface area contributed by atoms with Gasteiger partial charge in [-0.1, -0.05) is 13.0 Å². The third-order valence-corrected chi connectivity index (χ3v) is 4.10. The lowest BCUT2D eigenvalue weighted by Gasteiger charge is -2.49. The van der Waals surface area contributed by atoms with Gasteiger partial charge in [-0.15, -0.1) is 0 Å². The smallest absolute Gasteiger partial charge is 0.331 e. The summed E-state index contributed by atoms with van der Waals surface area (Å²) in [7, 11) is 6.34. The highest BCUT2D eigenvalue weighted by molar-refractivity contribution is 5.86. The molecule has 0 heterocycles. The zero-order valence-corrected chi connectivity index (χ0v) is 12.1. The largest absolute Gasteiger partial charge is 0.478 e. The van der Waals surface area contributed by atoms with Crippen LogP contribution in [0.3, 0.4) is 0 Å². The number of aliphatic carboxylic acids is 1. The first-order valence-corrected chi connectivity index (χ1v) is 6.69. The number of carboxylic acid groups (broad SMARTS) is 1. The Balaban J connectivity index is 2.51. The molecule has 0 amide bonds. The van der Waals surface area contributed by atoms with Gasteiger partial charge in [0, 0.05) is 24.2 Å². The van der Waals surface area contributed by atoms with E-state index in [-0.39, 0.29) is 0 Å². The minimum atomic E-state index is -0.795. The van der Waals surface area contributed by atoms with Crippen molar-refractivity contribution in [3.05, 3.63) is 11.6 Å². The van der Waals surface area contributed by atoms with E-state index in [9.17, 15) is 4.79 Å². The fourth-order valence-electron chi connectivity index (χ4n) is 2.55. The zero-order chi connectivity index (χ0) is 13.8. The van der Waals surface area contributed by atoms with Crippen LogP contribution in [0, 0.1) is 0 Å². The van der Waals surface area contributed by atoms with Crippen LogP contribution in [0.4, 0.5) is 0 Å². The second kappa shape index (κ2) is 6.34. The number of carboxylic acids is 1. The molecule has 0 spiro atoms. The van der Waals surface area contributed by atoms with Crippen molar-refractivity contribution in [2.24, 2.45) is 0 Å². The van der Waals surface area contributed by atoms with E-state index in [2.05, 4.69) is 30.9 Å². The summed E-state index contributed by atoms with van der Waals surface area (Å²) in [5.41, 5.74) is 0.812. The monoisotopic (exact) mass is 254 g/mol. The zero-order valence-electron chi connectivity index (χ0n) is 12.1. The molecule has 0 bridgehead atoms. The van der Waals surface area contributed by atoms with E-state index in [4.69, 9.17) is 5.11 Å². The summed E-state index contributed by atoms with van der Waals surface area (Å²) in [6.07, 6.45) is 6.21. The fraction of sp³-hybridized carbons (Fsp3) is 0.786. The SMILES string of the molecule is CCC(=CCN(C)CC1(N(C)C)CCC1)C(=O)O.